The Hall–Kier alpha value is -8.52. The quantitative estimate of drug-likeness (QED) is 0.171. The molecule has 258 valence electrons. The van der Waals surface area contributed by atoms with E-state index in [4.69, 9.17) is 10.2 Å². The summed E-state index contributed by atoms with van der Waals surface area (Å²) in [6.45, 7) is 3.61. The first kappa shape index (κ1) is 31.5. The molecular formula is C34H22N20. The second-order valence-electron chi connectivity index (χ2n) is 11.7. The Kier molecular flexibility index (Phi) is 7.38. The van der Waals surface area contributed by atoms with Crippen LogP contribution in [0, 0.1) is 36.5 Å². The van der Waals surface area contributed by atoms with E-state index in [-0.39, 0.29) is 22.8 Å². The summed E-state index contributed by atoms with van der Waals surface area (Å²) in [6, 6.07) is 22.4. The van der Waals surface area contributed by atoms with Crippen LogP contribution in [0.3, 0.4) is 0 Å². The number of aryl methyl sites for hydroxylation is 2. The number of H-pyrrole nitrogens is 2. The Labute approximate surface area is 302 Å². The van der Waals surface area contributed by atoms with Crippen LogP contribution in [-0.4, -0.2) is 69.2 Å². The van der Waals surface area contributed by atoms with Crippen LogP contribution in [0.25, 0.3) is 45.4 Å². The highest BCUT2D eigenvalue weighted by molar-refractivity contribution is 5.86. The van der Waals surface area contributed by atoms with E-state index in [0.717, 1.165) is 0 Å². The smallest absolute Gasteiger partial charge is 0.197 e. The molecule has 0 atom stereocenters. The van der Waals surface area contributed by atoms with Gasteiger partial charge in [-0.15, -0.1) is 50.1 Å². The summed E-state index contributed by atoms with van der Waals surface area (Å²) in [4.78, 5) is 15.1. The Bertz CT molecular complexity index is 2770. The molecule has 1 aromatic carbocycles. The number of pyridine rings is 2. The van der Waals surface area contributed by atoms with Crippen molar-refractivity contribution in [3.8, 4) is 46.3 Å². The predicted molar refractivity (Wildman–Crippen MR) is 189 cm³/mol. The zero-order valence-corrected chi connectivity index (χ0v) is 28.1. The van der Waals surface area contributed by atoms with Gasteiger partial charge >= 0.3 is 0 Å². The number of fused-ring (bicyclic) bond motifs is 2. The number of nitrogens with one attached hydrogen (secondary N) is 2. The standard InChI is InChI=1S/C34H22N20/c1-19-41-33-29(43-45-31-23(15-35)17-39-51(31)25-7-3-5-13-37-25)27(49-53(33)47-19)21-9-11-22(12-10-21)28-30(34-42-20(2)48-54(34)50-28)44-46-32-24(16-36)18-40-52(32)26-8-4-6-14-38-26/h3-14,17-18H,1-2H3,(H,41,47)(H,42,48). The minimum atomic E-state index is 0.207. The summed E-state index contributed by atoms with van der Waals surface area (Å²) < 4.78 is 5.79. The lowest BCUT2D eigenvalue weighted by molar-refractivity contribution is 0.809. The third-order valence-corrected chi connectivity index (χ3v) is 8.16. The van der Waals surface area contributed by atoms with Crippen molar-refractivity contribution in [3.63, 3.8) is 0 Å². The number of aromatic amines is 2. The van der Waals surface area contributed by atoms with Crippen LogP contribution in [0.15, 0.2) is 106 Å². The second kappa shape index (κ2) is 12.7. The molecule has 0 aliphatic rings. The molecule has 9 aromatic rings. The molecule has 20 nitrogen and oxygen atoms in total. The van der Waals surface area contributed by atoms with Crippen LogP contribution in [0.5, 0.6) is 0 Å². The number of benzene rings is 1. The molecule has 0 fully saturated rings. The largest absolute Gasteiger partial charge is 0.324 e. The van der Waals surface area contributed by atoms with E-state index >= 15 is 0 Å². The van der Waals surface area contributed by atoms with Gasteiger partial charge in [-0.3, -0.25) is 0 Å². The highest BCUT2D eigenvalue weighted by Gasteiger charge is 2.22. The topological polar surface area (TPSA) is 250 Å². The lowest BCUT2D eigenvalue weighted by Crippen LogP contribution is -1.97. The number of nitrogens with zero attached hydrogens (tertiary/aromatic N) is 18. The second-order valence-corrected chi connectivity index (χ2v) is 11.7. The average molecular weight is 711 g/mol. The summed E-state index contributed by atoms with van der Waals surface area (Å²) >= 11 is 0. The summed E-state index contributed by atoms with van der Waals surface area (Å²) in [5, 5.41) is 64.6. The van der Waals surface area contributed by atoms with Gasteiger partial charge in [-0.1, -0.05) is 36.4 Å². The lowest BCUT2D eigenvalue weighted by atomic mass is 10.1. The summed E-state index contributed by atoms with van der Waals surface area (Å²) in [5.41, 5.74) is 4.59. The van der Waals surface area contributed by atoms with Crippen LogP contribution >= 0.6 is 0 Å². The maximum absolute atomic E-state index is 9.79. The highest BCUT2D eigenvalue weighted by Crippen LogP contribution is 2.38. The fourth-order valence-electron chi connectivity index (χ4n) is 5.72. The molecule has 20 heteroatoms. The molecule has 9 rings (SSSR count). The number of hydrogen-bond acceptors (Lipinski definition) is 14. The van der Waals surface area contributed by atoms with Crippen molar-refractivity contribution in [1.29, 1.82) is 10.5 Å². The zero-order chi connectivity index (χ0) is 36.8. The number of hydrogen-bond donors (Lipinski definition) is 2. The van der Waals surface area contributed by atoms with Crippen molar-refractivity contribution >= 4 is 34.3 Å². The Morgan fingerprint density at radius 1 is 0.574 bits per heavy atom. The van der Waals surface area contributed by atoms with Crippen molar-refractivity contribution in [2.45, 2.75) is 13.8 Å². The third kappa shape index (κ3) is 5.32. The van der Waals surface area contributed by atoms with Crippen molar-refractivity contribution in [2.24, 2.45) is 20.5 Å². The molecule has 8 heterocycles. The monoisotopic (exact) mass is 710 g/mol. The first-order valence-corrected chi connectivity index (χ1v) is 16.1. The third-order valence-electron chi connectivity index (χ3n) is 8.16. The molecule has 0 amide bonds. The average Bonchev–Trinajstić information content (AvgIpc) is 4.05. The summed E-state index contributed by atoms with van der Waals surface area (Å²) in [7, 11) is 0. The minimum Gasteiger partial charge on any atom is -0.324 e. The molecule has 8 aromatic heterocycles. The van der Waals surface area contributed by atoms with Gasteiger partial charge in [-0.05, 0) is 38.1 Å². The number of nitriles is 2. The fourth-order valence-corrected chi connectivity index (χ4v) is 5.72. The van der Waals surface area contributed by atoms with Gasteiger partial charge in [0.25, 0.3) is 0 Å². The van der Waals surface area contributed by atoms with E-state index in [2.05, 4.69) is 72.9 Å². The summed E-state index contributed by atoms with van der Waals surface area (Å²) in [6.07, 6.45) is 6.07. The lowest BCUT2D eigenvalue weighted by Gasteiger charge is -2.04. The number of azo groups is 2. The van der Waals surface area contributed by atoms with E-state index in [1.165, 1.54) is 31.0 Å². The Balaban J connectivity index is 1.10. The molecular weight excluding hydrogens is 689 g/mol. The molecule has 0 saturated heterocycles. The maximum Gasteiger partial charge on any atom is 0.197 e. The Morgan fingerprint density at radius 3 is 1.41 bits per heavy atom. The van der Waals surface area contributed by atoms with Gasteiger partial charge in [0.05, 0.1) is 12.4 Å². The predicted octanol–water partition coefficient (Wildman–Crippen LogP) is 6.11. The molecule has 0 bridgehead atoms. The Morgan fingerprint density at radius 2 is 1.02 bits per heavy atom. The van der Waals surface area contributed by atoms with Crippen LogP contribution in [-0.2, 0) is 0 Å². The normalized spacial score (nSPS) is 11.7. The van der Waals surface area contributed by atoms with E-state index < -0.39 is 0 Å². The molecule has 0 spiro atoms. The van der Waals surface area contributed by atoms with Gasteiger partial charge in [0.1, 0.15) is 46.3 Å². The van der Waals surface area contributed by atoms with Gasteiger partial charge in [0.2, 0.25) is 0 Å². The molecule has 0 aliphatic carbocycles. The van der Waals surface area contributed by atoms with Crippen molar-refractivity contribution in [1.82, 2.24) is 69.2 Å². The van der Waals surface area contributed by atoms with Crippen molar-refractivity contribution < 1.29 is 0 Å². The van der Waals surface area contributed by atoms with Crippen LogP contribution in [0.4, 0.5) is 23.0 Å². The van der Waals surface area contributed by atoms with E-state index in [1.807, 2.05) is 36.4 Å². The van der Waals surface area contributed by atoms with Gasteiger partial charge in [-0.25, -0.2) is 9.97 Å². The number of rotatable bonds is 8. The number of aromatic nitrogens is 14. The van der Waals surface area contributed by atoms with E-state index in [0.29, 0.717) is 68.5 Å². The zero-order valence-electron chi connectivity index (χ0n) is 28.1. The van der Waals surface area contributed by atoms with Gasteiger partial charge in [-0.2, -0.15) is 30.1 Å². The minimum absolute atomic E-state index is 0.207. The maximum atomic E-state index is 9.79. The fraction of sp³-hybridized carbons (Fsp3) is 0.0588. The molecule has 2 N–H and O–H groups in total. The van der Waals surface area contributed by atoms with Gasteiger partial charge in [0.15, 0.2) is 45.9 Å². The van der Waals surface area contributed by atoms with Crippen LogP contribution in [0.1, 0.15) is 22.8 Å². The molecule has 0 unspecified atom stereocenters. The van der Waals surface area contributed by atoms with Crippen molar-refractivity contribution in [2.75, 3.05) is 0 Å². The summed E-state index contributed by atoms with van der Waals surface area (Å²) in [5.74, 6) is 2.62. The van der Waals surface area contributed by atoms with E-state index in [1.54, 1.807) is 50.5 Å². The van der Waals surface area contributed by atoms with Crippen LogP contribution < -0.4 is 0 Å². The molecule has 0 saturated carbocycles. The molecule has 0 radical (unpaired) electrons. The molecule has 0 aliphatic heterocycles. The first-order valence-electron chi connectivity index (χ1n) is 16.1. The van der Waals surface area contributed by atoms with Crippen molar-refractivity contribution in [3.05, 3.63) is 108 Å². The van der Waals surface area contributed by atoms with E-state index in [9.17, 15) is 10.5 Å². The highest BCUT2D eigenvalue weighted by atomic mass is 15.5. The van der Waals surface area contributed by atoms with Gasteiger partial charge < -0.3 is 9.97 Å². The molecule has 54 heavy (non-hydrogen) atoms. The first-order chi connectivity index (χ1) is 26.5. The van der Waals surface area contributed by atoms with Crippen LogP contribution in [0.2, 0.25) is 0 Å². The SMILES string of the molecule is Cc1nn2nc(-c3ccc(-c4nn5nc(C)[nH]c5c4N=Nc4c(C#N)cnn4-c4ccccn4)cc3)c(N=Nc3c(C#N)cnn3-c3ccccn3)c2[nH]1. The van der Waals surface area contributed by atoms with Gasteiger partial charge in [0, 0.05) is 23.5 Å².